The van der Waals surface area contributed by atoms with Crippen LogP contribution >= 0.6 is 27.5 Å². The second-order valence-corrected chi connectivity index (χ2v) is 5.57. The molecular formula is C13H8BrClFN5O. The molecule has 0 saturated carbocycles. The average Bonchev–Trinajstić information content (AvgIpc) is 2.86. The van der Waals surface area contributed by atoms with Gasteiger partial charge in [0.1, 0.15) is 11.0 Å². The Labute approximate surface area is 137 Å². The van der Waals surface area contributed by atoms with Gasteiger partial charge in [-0.2, -0.15) is 0 Å². The molecule has 22 heavy (non-hydrogen) atoms. The van der Waals surface area contributed by atoms with Crippen LogP contribution < -0.4 is 10.6 Å². The fourth-order valence-electron chi connectivity index (χ4n) is 1.83. The normalized spacial score (nSPS) is 10.7. The zero-order valence-electron chi connectivity index (χ0n) is 10.8. The number of carbonyl (C=O) groups is 1. The van der Waals surface area contributed by atoms with Gasteiger partial charge in [0.05, 0.1) is 5.69 Å². The molecule has 0 atom stereocenters. The quantitative estimate of drug-likeness (QED) is 0.658. The number of anilines is 2. The van der Waals surface area contributed by atoms with Crippen LogP contribution in [0, 0.1) is 5.82 Å². The first-order chi connectivity index (χ1) is 10.5. The van der Waals surface area contributed by atoms with E-state index in [-0.39, 0.29) is 11.6 Å². The number of pyridine rings is 1. The molecule has 0 radical (unpaired) electrons. The standard InChI is InChI=1S/C13H8BrClFN5O/c14-7-4-5-9(8(16)6-7)17-13(22)18-12-20-19-11-3-1-2-10(15)21(11)12/h1-6H,(H2,17,18,20,22). The van der Waals surface area contributed by atoms with Crippen LogP contribution in [0.4, 0.5) is 20.8 Å². The number of hydrogen-bond acceptors (Lipinski definition) is 3. The monoisotopic (exact) mass is 383 g/mol. The van der Waals surface area contributed by atoms with Gasteiger partial charge in [-0.1, -0.05) is 33.6 Å². The molecule has 2 amide bonds. The first-order valence-corrected chi connectivity index (χ1v) is 7.24. The Bertz CT molecular complexity index is 869. The van der Waals surface area contributed by atoms with Crippen LogP contribution in [0.2, 0.25) is 5.15 Å². The summed E-state index contributed by atoms with van der Waals surface area (Å²) in [5, 5.41) is 12.9. The fourth-order valence-corrected chi connectivity index (χ4v) is 2.40. The Morgan fingerprint density at radius 3 is 2.82 bits per heavy atom. The number of nitrogens with zero attached hydrogens (tertiary/aromatic N) is 3. The number of halogens is 3. The highest BCUT2D eigenvalue weighted by atomic mass is 79.9. The lowest BCUT2D eigenvalue weighted by Gasteiger charge is -2.08. The minimum atomic E-state index is -0.657. The third kappa shape index (κ3) is 2.88. The molecule has 0 aliphatic carbocycles. The van der Waals surface area contributed by atoms with Crippen molar-refractivity contribution < 1.29 is 9.18 Å². The lowest BCUT2D eigenvalue weighted by molar-refractivity contribution is 0.262. The molecule has 0 saturated heterocycles. The van der Waals surface area contributed by atoms with Crippen LogP contribution in [-0.2, 0) is 0 Å². The number of urea groups is 1. The summed E-state index contributed by atoms with van der Waals surface area (Å²) in [7, 11) is 0. The van der Waals surface area contributed by atoms with Gasteiger partial charge < -0.3 is 5.32 Å². The summed E-state index contributed by atoms with van der Waals surface area (Å²) in [6, 6.07) is 8.68. The van der Waals surface area contributed by atoms with Crippen molar-refractivity contribution in [1.29, 1.82) is 0 Å². The summed E-state index contributed by atoms with van der Waals surface area (Å²) in [5.41, 5.74) is 0.526. The van der Waals surface area contributed by atoms with Gasteiger partial charge in [0.2, 0.25) is 5.95 Å². The molecule has 6 nitrogen and oxygen atoms in total. The third-order valence-corrected chi connectivity index (χ3v) is 3.57. The molecule has 0 aliphatic heterocycles. The number of amides is 2. The predicted octanol–water partition coefficient (Wildman–Crippen LogP) is 3.93. The topological polar surface area (TPSA) is 71.3 Å². The summed E-state index contributed by atoms with van der Waals surface area (Å²) in [5.74, 6) is -0.427. The van der Waals surface area contributed by atoms with Crippen molar-refractivity contribution in [3.8, 4) is 0 Å². The van der Waals surface area contributed by atoms with Crippen molar-refractivity contribution in [3.05, 3.63) is 51.8 Å². The van der Waals surface area contributed by atoms with E-state index in [1.807, 2.05) is 0 Å². The Balaban J connectivity index is 1.81. The summed E-state index contributed by atoms with van der Waals surface area (Å²) < 4.78 is 15.7. The molecule has 0 unspecified atom stereocenters. The van der Waals surface area contributed by atoms with Crippen molar-refractivity contribution in [1.82, 2.24) is 14.6 Å². The molecule has 3 aromatic rings. The molecule has 9 heteroatoms. The molecule has 0 bridgehead atoms. The van der Waals surface area contributed by atoms with Gasteiger partial charge in [0.25, 0.3) is 0 Å². The number of nitrogens with one attached hydrogen (secondary N) is 2. The lowest BCUT2D eigenvalue weighted by atomic mass is 10.3. The van der Waals surface area contributed by atoms with Gasteiger partial charge in [0.15, 0.2) is 5.65 Å². The Kier molecular flexibility index (Phi) is 3.95. The van der Waals surface area contributed by atoms with Gasteiger partial charge in [-0.05, 0) is 30.3 Å². The zero-order chi connectivity index (χ0) is 15.7. The highest BCUT2D eigenvalue weighted by molar-refractivity contribution is 9.10. The molecule has 2 heterocycles. The van der Waals surface area contributed by atoms with E-state index < -0.39 is 11.8 Å². The minimum Gasteiger partial charge on any atom is -0.305 e. The van der Waals surface area contributed by atoms with Gasteiger partial charge in [-0.25, -0.2) is 9.18 Å². The molecule has 2 aromatic heterocycles. The summed E-state index contributed by atoms with van der Waals surface area (Å²) in [6.07, 6.45) is 0. The van der Waals surface area contributed by atoms with Crippen LogP contribution in [0.15, 0.2) is 40.9 Å². The van der Waals surface area contributed by atoms with Crippen molar-refractivity contribution >= 4 is 50.8 Å². The van der Waals surface area contributed by atoms with E-state index in [1.165, 1.54) is 16.5 Å². The molecule has 0 aliphatic rings. The molecule has 3 rings (SSSR count). The number of carbonyl (C=O) groups excluding carboxylic acids is 1. The predicted molar refractivity (Wildman–Crippen MR) is 84.7 cm³/mol. The SMILES string of the molecule is O=C(Nc1ccc(Br)cc1F)Nc1nnc2cccc(Cl)n12. The van der Waals surface area contributed by atoms with Gasteiger partial charge >= 0.3 is 6.03 Å². The number of aromatic nitrogens is 3. The van der Waals surface area contributed by atoms with E-state index in [0.717, 1.165) is 0 Å². The van der Waals surface area contributed by atoms with E-state index in [2.05, 4.69) is 36.8 Å². The van der Waals surface area contributed by atoms with E-state index in [0.29, 0.717) is 15.3 Å². The molecule has 0 fully saturated rings. The summed E-state index contributed by atoms with van der Waals surface area (Å²) in [6.45, 7) is 0. The summed E-state index contributed by atoms with van der Waals surface area (Å²) in [4.78, 5) is 11.9. The Morgan fingerprint density at radius 1 is 1.23 bits per heavy atom. The second-order valence-electron chi connectivity index (χ2n) is 4.27. The molecule has 2 N–H and O–H groups in total. The molecule has 1 aromatic carbocycles. The first kappa shape index (κ1) is 14.7. The molecular weight excluding hydrogens is 377 g/mol. The highest BCUT2D eigenvalue weighted by Crippen LogP contribution is 2.20. The summed E-state index contributed by atoms with van der Waals surface area (Å²) >= 11 is 9.18. The number of fused-ring (bicyclic) bond motifs is 1. The van der Waals surface area contributed by atoms with Crippen molar-refractivity contribution in [2.24, 2.45) is 0 Å². The smallest absolute Gasteiger partial charge is 0.305 e. The maximum Gasteiger partial charge on any atom is 0.326 e. The van der Waals surface area contributed by atoms with Crippen molar-refractivity contribution in [3.63, 3.8) is 0 Å². The number of benzene rings is 1. The van der Waals surface area contributed by atoms with Crippen LogP contribution in [-0.4, -0.2) is 20.6 Å². The first-order valence-electron chi connectivity index (χ1n) is 6.07. The number of rotatable bonds is 2. The maximum absolute atomic E-state index is 13.7. The van der Waals surface area contributed by atoms with E-state index in [1.54, 1.807) is 24.3 Å². The number of hydrogen-bond donors (Lipinski definition) is 2. The lowest BCUT2D eigenvalue weighted by Crippen LogP contribution is -2.21. The van der Waals surface area contributed by atoms with E-state index >= 15 is 0 Å². The van der Waals surface area contributed by atoms with Gasteiger partial charge in [-0.3, -0.25) is 9.72 Å². The van der Waals surface area contributed by atoms with Crippen LogP contribution in [0.5, 0.6) is 0 Å². The Hall–Kier alpha value is -2.19. The minimum absolute atomic E-state index is 0.0422. The third-order valence-electron chi connectivity index (χ3n) is 2.79. The van der Waals surface area contributed by atoms with E-state index in [9.17, 15) is 9.18 Å². The molecule has 0 spiro atoms. The van der Waals surface area contributed by atoms with Crippen LogP contribution in [0.1, 0.15) is 0 Å². The highest BCUT2D eigenvalue weighted by Gasteiger charge is 2.13. The van der Waals surface area contributed by atoms with Crippen LogP contribution in [0.3, 0.4) is 0 Å². The maximum atomic E-state index is 13.7. The zero-order valence-corrected chi connectivity index (χ0v) is 13.2. The van der Waals surface area contributed by atoms with Gasteiger partial charge in [-0.15, -0.1) is 10.2 Å². The van der Waals surface area contributed by atoms with Gasteiger partial charge in [0, 0.05) is 4.47 Å². The largest absolute Gasteiger partial charge is 0.326 e. The Morgan fingerprint density at radius 2 is 2.05 bits per heavy atom. The van der Waals surface area contributed by atoms with E-state index in [4.69, 9.17) is 11.6 Å². The van der Waals surface area contributed by atoms with Crippen molar-refractivity contribution in [2.45, 2.75) is 0 Å². The van der Waals surface area contributed by atoms with Crippen LogP contribution in [0.25, 0.3) is 5.65 Å². The van der Waals surface area contributed by atoms with Crippen molar-refractivity contribution in [2.75, 3.05) is 10.6 Å². The fraction of sp³-hybridized carbons (Fsp3) is 0. The average molecular weight is 385 g/mol. The molecule has 112 valence electrons. The second kappa shape index (κ2) is 5.90.